The monoisotopic (exact) mass is 490 g/mol. The van der Waals surface area contributed by atoms with Crippen molar-refractivity contribution in [3.05, 3.63) is 88.6 Å². The van der Waals surface area contributed by atoms with Crippen LogP contribution < -0.4 is 10.6 Å². The van der Waals surface area contributed by atoms with Crippen LogP contribution in [0.1, 0.15) is 33.3 Å². The van der Waals surface area contributed by atoms with Crippen molar-refractivity contribution in [3.63, 3.8) is 0 Å². The van der Waals surface area contributed by atoms with E-state index in [1.807, 2.05) is 48.1 Å². The Labute approximate surface area is 208 Å². The molecular formula is C26H26N4O2S2. The van der Waals surface area contributed by atoms with Crippen LogP contribution in [0.3, 0.4) is 0 Å². The predicted molar refractivity (Wildman–Crippen MR) is 143 cm³/mol. The average molecular weight is 491 g/mol. The highest BCUT2D eigenvalue weighted by Gasteiger charge is 2.25. The molecule has 174 valence electrons. The molecule has 2 aromatic carbocycles. The van der Waals surface area contributed by atoms with Gasteiger partial charge in [0.15, 0.2) is 5.11 Å². The molecule has 0 amide bonds. The molecule has 0 unspecified atom stereocenters. The van der Waals surface area contributed by atoms with Gasteiger partial charge in [0, 0.05) is 16.6 Å². The van der Waals surface area contributed by atoms with Crippen LogP contribution in [0.5, 0.6) is 0 Å². The molecule has 0 bridgehead atoms. The van der Waals surface area contributed by atoms with Crippen molar-refractivity contribution < 1.29 is 9.53 Å². The Balaban J connectivity index is 1.51. The van der Waals surface area contributed by atoms with E-state index >= 15 is 0 Å². The summed E-state index contributed by atoms with van der Waals surface area (Å²) in [5.74, 6) is -0.373. The minimum absolute atomic E-state index is 0.296. The molecule has 6 nitrogen and oxygen atoms in total. The van der Waals surface area contributed by atoms with Gasteiger partial charge in [0.2, 0.25) is 0 Å². The summed E-state index contributed by atoms with van der Waals surface area (Å²) in [5, 5.41) is 11.8. The number of benzene rings is 2. The van der Waals surface area contributed by atoms with Gasteiger partial charge in [-0.2, -0.15) is 5.10 Å². The quantitative estimate of drug-likeness (QED) is 0.235. The second-order valence-electron chi connectivity index (χ2n) is 7.82. The molecule has 0 aliphatic carbocycles. The van der Waals surface area contributed by atoms with Gasteiger partial charge in [0.25, 0.3) is 0 Å². The van der Waals surface area contributed by atoms with Crippen LogP contribution in [0.25, 0.3) is 11.1 Å². The SMILES string of the molecule is CCOC(=O)c1c(NC(=S)Nc2cnn(Cc3ccc(C)cc3)c2)sc(C)c1-c1ccccc1. The van der Waals surface area contributed by atoms with Crippen molar-refractivity contribution in [1.82, 2.24) is 9.78 Å². The lowest BCUT2D eigenvalue weighted by Gasteiger charge is -2.11. The van der Waals surface area contributed by atoms with Crippen LogP contribution in [-0.2, 0) is 11.3 Å². The van der Waals surface area contributed by atoms with Gasteiger partial charge in [-0.3, -0.25) is 4.68 Å². The van der Waals surface area contributed by atoms with Crippen molar-refractivity contribution in [2.24, 2.45) is 0 Å². The molecule has 2 heterocycles. The normalized spacial score (nSPS) is 10.7. The van der Waals surface area contributed by atoms with E-state index in [0.717, 1.165) is 21.7 Å². The van der Waals surface area contributed by atoms with E-state index < -0.39 is 0 Å². The highest BCUT2D eigenvalue weighted by atomic mass is 32.1. The first-order valence-electron chi connectivity index (χ1n) is 11.0. The van der Waals surface area contributed by atoms with Gasteiger partial charge >= 0.3 is 5.97 Å². The lowest BCUT2D eigenvalue weighted by atomic mass is 10.0. The van der Waals surface area contributed by atoms with E-state index in [1.54, 1.807) is 13.1 Å². The summed E-state index contributed by atoms with van der Waals surface area (Å²) in [7, 11) is 0. The lowest BCUT2D eigenvalue weighted by Crippen LogP contribution is -2.20. The third-order valence-electron chi connectivity index (χ3n) is 5.21. The van der Waals surface area contributed by atoms with Crippen molar-refractivity contribution in [2.45, 2.75) is 27.3 Å². The minimum Gasteiger partial charge on any atom is -0.462 e. The summed E-state index contributed by atoms with van der Waals surface area (Å²) >= 11 is 7.02. The van der Waals surface area contributed by atoms with Crippen LogP contribution in [-0.4, -0.2) is 27.5 Å². The lowest BCUT2D eigenvalue weighted by molar-refractivity contribution is 0.0529. The predicted octanol–water partition coefficient (Wildman–Crippen LogP) is 6.26. The molecule has 4 aromatic rings. The number of nitrogens with zero attached hydrogens (tertiary/aromatic N) is 2. The summed E-state index contributed by atoms with van der Waals surface area (Å²) in [4.78, 5) is 13.9. The topological polar surface area (TPSA) is 68.2 Å². The van der Waals surface area contributed by atoms with E-state index in [4.69, 9.17) is 17.0 Å². The second-order valence-corrected chi connectivity index (χ2v) is 9.45. The molecule has 0 atom stereocenters. The Bertz CT molecular complexity index is 1290. The number of thiophene rings is 1. The van der Waals surface area contributed by atoms with Gasteiger partial charge in [-0.05, 0) is 44.1 Å². The number of hydrogen-bond acceptors (Lipinski definition) is 5. The standard InChI is InChI=1S/C26H26N4O2S2/c1-4-32-25(31)23-22(20-8-6-5-7-9-20)18(3)34-24(23)29-26(33)28-21-14-27-30(16-21)15-19-12-10-17(2)11-13-19/h5-14,16H,4,15H2,1-3H3,(H2,28,29,33). The van der Waals surface area contributed by atoms with Gasteiger partial charge in [0.05, 0.1) is 25.0 Å². The number of aryl methyl sites for hydroxylation is 2. The fourth-order valence-corrected chi connectivity index (χ4v) is 5.00. The van der Waals surface area contributed by atoms with Gasteiger partial charge in [0.1, 0.15) is 10.6 Å². The smallest absolute Gasteiger partial charge is 0.341 e. The molecule has 0 saturated carbocycles. The molecular weight excluding hydrogens is 464 g/mol. The maximum absolute atomic E-state index is 12.9. The van der Waals surface area contributed by atoms with Crippen molar-refractivity contribution in [2.75, 3.05) is 17.2 Å². The number of carbonyl (C=O) groups excluding carboxylic acids is 1. The fraction of sp³-hybridized carbons (Fsp3) is 0.192. The first-order chi connectivity index (χ1) is 16.4. The Hall–Kier alpha value is -3.49. The number of thiocarbonyl (C=S) groups is 1. The molecule has 0 aliphatic heterocycles. The van der Waals surface area contributed by atoms with Crippen LogP contribution in [0.4, 0.5) is 10.7 Å². The Morgan fingerprint density at radius 1 is 1.09 bits per heavy atom. The number of carbonyl (C=O) groups is 1. The highest BCUT2D eigenvalue weighted by molar-refractivity contribution is 7.80. The van der Waals surface area contributed by atoms with Crippen molar-refractivity contribution in [3.8, 4) is 11.1 Å². The summed E-state index contributed by atoms with van der Waals surface area (Å²) < 4.78 is 7.21. The first kappa shape index (κ1) is 23.7. The molecule has 0 saturated heterocycles. The van der Waals surface area contributed by atoms with Gasteiger partial charge in [-0.15, -0.1) is 11.3 Å². The Kier molecular flexibility index (Phi) is 7.40. The molecule has 0 radical (unpaired) electrons. The summed E-state index contributed by atoms with van der Waals surface area (Å²) in [6.07, 6.45) is 3.62. The number of nitrogens with one attached hydrogen (secondary N) is 2. The molecule has 0 aliphatic rings. The first-order valence-corrected chi connectivity index (χ1v) is 12.2. The fourth-order valence-electron chi connectivity index (χ4n) is 3.64. The number of hydrogen-bond donors (Lipinski definition) is 2. The van der Waals surface area contributed by atoms with Crippen molar-refractivity contribution >= 4 is 45.3 Å². The van der Waals surface area contributed by atoms with E-state index in [0.29, 0.717) is 28.8 Å². The van der Waals surface area contributed by atoms with Gasteiger partial charge in [-0.25, -0.2) is 4.79 Å². The van der Waals surface area contributed by atoms with Crippen molar-refractivity contribution in [1.29, 1.82) is 0 Å². The van der Waals surface area contributed by atoms with Crippen LogP contribution in [0.15, 0.2) is 67.0 Å². The Morgan fingerprint density at radius 2 is 1.82 bits per heavy atom. The van der Waals surface area contributed by atoms with Gasteiger partial charge in [-0.1, -0.05) is 60.2 Å². The van der Waals surface area contributed by atoms with Crippen LogP contribution in [0.2, 0.25) is 0 Å². The number of aromatic nitrogens is 2. The summed E-state index contributed by atoms with van der Waals surface area (Å²) in [6, 6.07) is 18.2. The molecule has 0 fully saturated rings. The molecule has 2 aromatic heterocycles. The maximum Gasteiger partial charge on any atom is 0.341 e. The van der Waals surface area contributed by atoms with Crippen LogP contribution >= 0.6 is 23.6 Å². The Morgan fingerprint density at radius 3 is 2.53 bits per heavy atom. The molecule has 34 heavy (non-hydrogen) atoms. The number of ether oxygens (including phenoxy) is 1. The third-order valence-corrected chi connectivity index (χ3v) is 6.43. The van der Waals surface area contributed by atoms with Gasteiger partial charge < -0.3 is 15.4 Å². The molecule has 8 heteroatoms. The number of rotatable bonds is 7. The van der Waals surface area contributed by atoms with E-state index in [-0.39, 0.29) is 5.97 Å². The third kappa shape index (κ3) is 5.52. The summed E-state index contributed by atoms with van der Waals surface area (Å²) in [5.41, 5.74) is 5.48. The van der Waals surface area contributed by atoms with E-state index in [1.165, 1.54) is 22.5 Å². The molecule has 0 spiro atoms. The largest absolute Gasteiger partial charge is 0.462 e. The van der Waals surface area contributed by atoms with Crippen LogP contribution in [0, 0.1) is 13.8 Å². The average Bonchev–Trinajstić information content (AvgIpc) is 3.39. The second kappa shape index (κ2) is 10.6. The highest BCUT2D eigenvalue weighted by Crippen LogP contribution is 2.40. The zero-order valence-electron chi connectivity index (χ0n) is 19.3. The number of esters is 1. The maximum atomic E-state index is 12.9. The zero-order valence-corrected chi connectivity index (χ0v) is 20.9. The van der Waals surface area contributed by atoms with E-state index in [9.17, 15) is 4.79 Å². The zero-order chi connectivity index (χ0) is 24.1. The number of anilines is 2. The van der Waals surface area contributed by atoms with E-state index in [2.05, 4.69) is 46.9 Å². The molecule has 4 rings (SSSR count). The summed E-state index contributed by atoms with van der Waals surface area (Å²) in [6.45, 7) is 6.82. The molecule has 2 N–H and O–H groups in total. The minimum atomic E-state index is -0.373.